The number of nitrogens with two attached hydrogens (primary N) is 1. The van der Waals surface area contributed by atoms with E-state index in [-0.39, 0.29) is 5.78 Å². The van der Waals surface area contributed by atoms with Crippen LogP contribution in [-0.4, -0.2) is 12.3 Å². The second-order valence-corrected chi connectivity index (χ2v) is 2.30. The summed E-state index contributed by atoms with van der Waals surface area (Å²) in [4.78, 5) is 10.4. The fourth-order valence-electron chi connectivity index (χ4n) is 0.695. The Morgan fingerprint density at radius 2 is 1.46 bits per heavy atom. The molecule has 0 aliphatic carbocycles. The number of rotatable bonds is 5. The first kappa shape index (κ1) is 18.4. The van der Waals surface area contributed by atoms with Crippen molar-refractivity contribution in [2.75, 3.05) is 6.54 Å². The van der Waals surface area contributed by atoms with Crippen LogP contribution >= 0.6 is 0 Å². The molecule has 2 heteroatoms. The highest BCUT2D eigenvalue weighted by atomic mass is 16.1. The summed E-state index contributed by atoms with van der Waals surface area (Å²) in [6, 6.07) is 0. The van der Waals surface area contributed by atoms with Crippen molar-refractivity contribution >= 4 is 5.78 Å². The molecular formula is C11H27NO. The molecule has 0 aliphatic heterocycles. The maximum absolute atomic E-state index is 10.4. The molecule has 0 unspecified atom stereocenters. The molecule has 0 heterocycles. The van der Waals surface area contributed by atoms with Gasteiger partial charge in [0.25, 0.3) is 0 Å². The average Bonchev–Trinajstić information content (AvgIpc) is 2.19. The van der Waals surface area contributed by atoms with E-state index in [1.807, 2.05) is 27.7 Å². The van der Waals surface area contributed by atoms with Crippen LogP contribution in [0.25, 0.3) is 0 Å². The molecule has 0 bridgehead atoms. The molecule has 0 aliphatic rings. The van der Waals surface area contributed by atoms with E-state index >= 15 is 0 Å². The molecule has 0 spiro atoms. The van der Waals surface area contributed by atoms with Crippen LogP contribution < -0.4 is 5.73 Å². The van der Waals surface area contributed by atoms with Crippen LogP contribution in [0.2, 0.25) is 0 Å². The number of ketones is 1. The highest BCUT2D eigenvalue weighted by molar-refractivity contribution is 5.75. The van der Waals surface area contributed by atoms with Gasteiger partial charge in [-0.05, 0) is 26.3 Å². The summed E-state index contributed by atoms with van der Waals surface area (Å²) in [6.45, 7) is 10.4. The van der Waals surface area contributed by atoms with Crippen LogP contribution in [0.15, 0.2) is 0 Å². The first-order chi connectivity index (χ1) is 6.27. The number of Topliss-reactive ketones (excluding diaryl/α,β-unsaturated/α-hetero) is 1. The first-order valence-electron chi connectivity index (χ1n) is 5.47. The SMILES string of the molecule is CC.CC.CC(=O)CCCCCN. The van der Waals surface area contributed by atoms with Crippen LogP contribution in [0.1, 0.15) is 60.3 Å². The average molecular weight is 189 g/mol. The number of hydrogen-bond acceptors (Lipinski definition) is 2. The molecule has 82 valence electrons. The molecule has 0 amide bonds. The number of unbranched alkanes of at least 4 members (excludes halogenated alkanes) is 2. The van der Waals surface area contributed by atoms with Crippen molar-refractivity contribution in [2.24, 2.45) is 5.73 Å². The van der Waals surface area contributed by atoms with Gasteiger partial charge in [0.05, 0.1) is 0 Å². The Morgan fingerprint density at radius 1 is 1.00 bits per heavy atom. The van der Waals surface area contributed by atoms with Gasteiger partial charge in [-0.25, -0.2) is 0 Å². The lowest BCUT2D eigenvalue weighted by Crippen LogP contribution is -1.98. The van der Waals surface area contributed by atoms with Crippen molar-refractivity contribution in [1.29, 1.82) is 0 Å². The third kappa shape index (κ3) is 34.0. The lowest BCUT2D eigenvalue weighted by molar-refractivity contribution is -0.117. The molecule has 2 N–H and O–H groups in total. The number of carbonyl (C=O) groups excluding carboxylic acids is 1. The zero-order valence-corrected chi connectivity index (χ0v) is 10.0. The Labute approximate surface area is 83.9 Å². The first-order valence-corrected chi connectivity index (χ1v) is 5.47. The largest absolute Gasteiger partial charge is 0.330 e. The smallest absolute Gasteiger partial charge is 0.129 e. The van der Waals surface area contributed by atoms with Gasteiger partial charge in [-0.15, -0.1) is 0 Å². The molecule has 0 saturated heterocycles. The predicted octanol–water partition coefficient (Wildman–Crippen LogP) is 3.15. The van der Waals surface area contributed by atoms with E-state index in [1.165, 1.54) is 0 Å². The van der Waals surface area contributed by atoms with Gasteiger partial charge < -0.3 is 10.5 Å². The van der Waals surface area contributed by atoms with E-state index in [0.717, 1.165) is 32.2 Å². The molecule has 0 aromatic carbocycles. The van der Waals surface area contributed by atoms with E-state index < -0.39 is 0 Å². The summed E-state index contributed by atoms with van der Waals surface area (Å²) in [5.41, 5.74) is 5.26. The van der Waals surface area contributed by atoms with Crippen molar-refractivity contribution in [3.63, 3.8) is 0 Å². The van der Waals surface area contributed by atoms with Crippen LogP contribution in [0.5, 0.6) is 0 Å². The topological polar surface area (TPSA) is 43.1 Å². The quantitative estimate of drug-likeness (QED) is 0.675. The van der Waals surface area contributed by atoms with E-state index in [0.29, 0.717) is 0 Å². The molecule has 0 aromatic rings. The Morgan fingerprint density at radius 3 is 1.77 bits per heavy atom. The molecule has 0 saturated carbocycles. The summed E-state index contributed by atoms with van der Waals surface area (Å²) in [5, 5.41) is 0. The third-order valence-electron chi connectivity index (χ3n) is 1.23. The van der Waals surface area contributed by atoms with E-state index in [9.17, 15) is 4.79 Å². The maximum Gasteiger partial charge on any atom is 0.129 e. The Balaban J connectivity index is -0.000000218. The standard InChI is InChI=1S/C7H15NO.2C2H6/c1-7(9)5-3-2-4-6-8;2*1-2/h2-6,8H2,1H3;2*1-2H3. The fraction of sp³-hybridized carbons (Fsp3) is 0.909. The molecule has 0 aromatic heterocycles. The van der Waals surface area contributed by atoms with Crippen molar-refractivity contribution in [2.45, 2.75) is 60.3 Å². The Hall–Kier alpha value is -0.370. The third-order valence-corrected chi connectivity index (χ3v) is 1.23. The van der Waals surface area contributed by atoms with Gasteiger partial charge in [0.2, 0.25) is 0 Å². The van der Waals surface area contributed by atoms with Crippen LogP contribution in [0.4, 0.5) is 0 Å². The van der Waals surface area contributed by atoms with E-state index in [4.69, 9.17) is 5.73 Å². The molecule has 0 rings (SSSR count). The van der Waals surface area contributed by atoms with Gasteiger partial charge in [-0.1, -0.05) is 34.1 Å². The van der Waals surface area contributed by atoms with Gasteiger partial charge >= 0.3 is 0 Å². The second-order valence-electron chi connectivity index (χ2n) is 2.30. The van der Waals surface area contributed by atoms with Crippen LogP contribution in [-0.2, 0) is 4.79 Å². The van der Waals surface area contributed by atoms with Crippen molar-refractivity contribution in [3.05, 3.63) is 0 Å². The highest BCUT2D eigenvalue weighted by Gasteiger charge is 1.91. The predicted molar refractivity (Wildman–Crippen MR) is 60.9 cm³/mol. The van der Waals surface area contributed by atoms with Gasteiger partial charge in [0.15, 0.2) is 0 Å². The van der Waals surface area contributed by atoms with E-state index in [2.05, 4.69) is 0 Å². The van der Waals surface area contributed by atoms with Gasteiger partial charge in [0.1, 0.15) is 5.78 Å². The molecule has 0 atom stereocenters. The minimum Gasteiger partial charge on any atom is -0.330 e. The monoisotopic (exact) mass is 189 g/mol. The normalized spacial score (nSPS) is 7.54. The summed E-state index contributed by atoms with van der Waals surface area (Å²) < 4.78 is 0. The molecule has 2 nitrogen and oxygen atoms in total. The van der Waals surface area contributed by atoms with Crippen molar-refractivity contribution in [3.8, 4) is 0 Å². The summed E-state index contributed by atoms with van der Waals surface area (Å²) in [5.74, 6) is 0.284. The minimum absolute atomic E-state index is 0.284. The van der Waals surface area contributed by atoms with Gasteiger partial charge in [-0.2, -0.15) is 0 Å². The summed E-state index contributed by atoms with van der Waals surface area (Å²) in [7, 11) is 0. The second kappa shape index (κ2) is 22.6. The Kier molecular flexibility index (Phi) is 32.0. The van der Waals surface area contributed by atoms with Crippen LogP contribution in [0.3, 0.4) is 0 Å². The van der Waals surface area contributed by atoms with E-state index in [1.54, 1.807) is 6.92 Å². The molecule has 0 fully saturated rings. The summed E-state index contributed by atoms with van der Waals surface area (Å²) >= 11 is 0. The zero-order valence-electron chi connectivity index (χ0n) is 10.0. The minimum atomic E-state index is 0.284. The Bertz CT molecular complexity index is 82.2. The summed E-state index contributed by atoms with van der Waals surface area (Å²) in [6.07, 6.45) is 3.87. The van der Waals surface area contributed by atoms with Crippen molar-refractivity contribution in [1.82, 2.24) is 0 Å². The number of carbonyl (C=O) groups is 1. The lowest BCUT2D eigenvalue weighted by Gasteiger charge is -1.93. The fourth-order valence-corrected chi connectivity index (χ4v) is 0.695. The lowest BCUT2D eigenvalue weighted by atomic mass is 10.1. The molecule has 13 heavy (non-hydrogen) atoms. The van der Waals surface area contributed by atoms with Crippen LogP contribution in [0, 0.1) is 0 Å². The molecular weight excluding hydrogens is 162 g/mol. The van der Waals surface area contributed by atoms with Gasteiger partial charge in [-0.3, -0.25) is 0 Å². The zero-order chi connectivity index (χ0) is 11.1. The van der Waals surface area contributed by atoms with Crippen molar-refractivity contribution < 1.29 is 4.79 Å². The molecule has 0 radical (unpaired) electrons. The maximum atomic E-state index is 10.4. The van der Waals surface area contributed by atoms with Gasteiger partial charge in [0, 0.05) is 6.42 Å². The highest BCUT2D eigenvalue weighted by Crippen LogP contribution is 1.98. The number of hydrogen-bond donors (Lipinski definition) is 1.